The maximum absolute atomic E-state index is 13.3. The number of amides is 2. The summed E-state index contributed by atoms with van der Waals surface area (Å²) in [5, 5.41) is 25.1. The van der Waals surface area contributed by atoms with Crippen molar-refractivity contribution in [1.29, 1.82) is 5.26 Å². The van der Waals surface area contributed by atoms with Crippen molar-refractivity contribution in [2.75, 3.05) is 19.8 Å². The molecule has 0 fully saturated rings. The summed E-state index contributed by atoms with van der Waals surface area (Å²) in [7, 11) is 0. The van der Waals surface area contributed by atoms with Gasteiger partial charge in [0.15, 0.2) is 0 Å². The number of aryl methyl sites for hydroxylation is 1. The highest BCUT2D eigenvalue weighted by Crippen LogP contribution is 2.23. The fourth-order valence-corrected chi connectivity index (χ4v) is 4.86. The first-order chi connectivity index (χ1) is 18.4. The molecule has 0 spiro atoms. The maximum Gasteiger partial charge on any atom is 0.304 e. The first-order valence-electron chi connectivity index (χ1n) is 12.9. The lowest BCUT2D eigenvalue weighted by Gasteiger charge is -2.22. The van der Waals surface area contributed by atoms with E-state index in [1.807, 2.05) is 42.6 Å². The zero-order chi connectivity index (χ0) is 26.9. The maximum atomic E-state index is 13.3. The second-order valence-electron chi connectivity index (χ2n) is 9.53. The number of nitriles is 1. The third-order valence-corrected chi connectivity index (χ3v) is 6.84. The number of nitrogens with zero attached hydrogens (tertiary/aromatic N) is 2. The van der Waals surface area contributed by atoms with E-state index in [1.54, 1.807) is 12.1 Å². The van der Waals surface area contributed by atoms with Gasteiger partial charge in [0, 0.05) is 42.5 Å². The van der Waals surface area contributed by atoms with E-state index in [1.165, 1.54) is 0 Å². The van der Waals surface area contributed by atoms with E-state index in [-0.39, 0.29) is 18.7 Å². The van der Waals surface area contributed by atoms with Gasteiger partial charge in [-0.1, -0.05) is 30.3 Å². The van der Waals surface area contributed by atoms with Crippen LogP contribution in [0.5, 0.6) is 0 Å². The molecule has 1 aromatic heterocycles. The Labute approximate surface area is 221 Å². The summed E-state index contributed by atoms with van der Waals surface area (Å²) >= 11 is 0. The van der Waals surface area contributed by atoms with Crippen molar-refractivity contribution in [1.82, 2.24) is 15.2 Å². The number of fused-ring (bicyclic) bond motifs is 5. The number of hydrogen-bond acceptors (Lipinski definition) is 5. The zero-order valence-corrected chi connectivity index (χ0v) is 21.2. The molecule has 9 nitrogen and oxygen atoms in total. The summed E-state index contributed by atoms with van der Waals surface area (Å²) in [6.07, 6.45) is 3.57. The first kappa shape index (κ1) is 26.9. The van der Waals surface area contributed by atoms with Crippen molar-refractivity contribution in [2.24, 2.45) is 5.92 Å². The molecule has 0 radical (unpaired) electrons. The number of carbonyl (C=O) groups excluding carboxylic acids is 2. The van der Waals surface area contributed by atoms with Crippen LogP contribution >= 0.6 is 0 Å². The molecule has 198 valence electrons. The van der Waals surface area contributed by atoms with Crippen LogP contribution in [0.4, 0.5) is 0 Å². The zero-order valence-electron chi connectivity index (χ0n) is 21.2. The molecule has 2 aromatic carbocycles. The minimum Gasteiger partial charge on any atom is -0.481 e. The van der Waals surface area contributed by atoms with Crippen molar-refractivity contribution in [2.45, 2.75) is 44.7 Å². The average molecular weight is 517 g/mol. The lowest BCUT2D eigenvalue weighted by atomic mass is 9.94. The average Bonchev–Trinajstić information content (AvgIpc) is 3.26. The monoisotopic (exact) mass is 516 g/mol. The predicted molar refractivity (Wildman–Crippen MR) is 141 cm³/mol. The van der Waals surface area contributed by atoms with E-state index in [4.69, 9.17) is 10.00 Å². The van der Waals surface area contributed by atoms with E-state index in [2.05, 4.69) is 21.3 Å². The molecule has 3 aromatic rings. The van der Waals surface area contributed by atoms with Gasteiger partial charge in [0.05, 0.1) is 31.3 Å². The topological polar surface area (TPSA) is 133 Å². The number of carboxylic acid groups (broad SMARTS) is 1. The van der Waals surface area contributed by atoms with Crippen molar-refractivity contribution >= 4 is 28.7 Å². The van der Waals surface area contributed by atoms with Gasteiger partial charge in [-0.05, 0) is 48.6 Å². The number of carboxylic acids is 1. The van der Waals surface area contributed by atoms with Gasteiger partial charge in [0.25, 0.3) is 0 Å². The van der Waals surface area contributed by atoms with Gasteiger partial charge in [-0.15, -0.1) is 0 Å². The van der Waals surface area contributed by atoms with Crippen LogP contribution in [0.15, 0.2) is 54.7 Å². The van der Waals surface area contributed by atoms with E-state index in [0.29, 0.717) is 51.1 Å². The van der Waals surface area contributed by atoms with Crippen LogP contribution in [0.3, 0.4) is 0 Å². The van der Waals surface area contributed by atoms with Crippen LogP contribution in [0.25, 0.3) is 10.9 Å². The summed E-state index contributed by atoms with van der Waals surface area (Å²) in [5.74, 6) is -2.61. The molecule has 9 heteroatoms. The van der Waals surface area contributed by atoms with Crippen LogP contribution in [-0.2, 0) is 38.5 Å². The second-order valence-corrected chi connectivity index (χ2v) is 9.53. The molecule has 4 rings (SSSR count). The Kier molecular flexibility index (Phi) is 9.11. The standard InChI is InChI=1S/C29H32N4O5/c30-18-21-10-8-20(9-11-21)4-3-5-22(17-27(34)35)28(36)32-25-16-23-19-33(26-7-2-1-6-24(23)26)13-15-38-14-12-31-29(25)37/h1-2,6-11,19,22,25H,3-5,12-17H2,(H,31,37)(H,32,36)(H,34,35)/t22-,25?/m1/s1. The van der Waals surface area contributed by atoms with Crippen molar-refractivity contribution in [3.8, 4) is 6.07 Å². The SMILES string of the molecule is N#Cc1ccc(CCC[C@H](CC(=O)O)C(=O)NC2Cc3cn(c4ccccc34)CCOCCNC2=O)cc1. The molecule has 2 heterocycles. The summed E-state index contributed by atoms with van der Waals surface area (Å²) in [6, 6.07) is 16.3. The van der Waals surface area contributed by atoms with Crippen molar-refractivity contribution in [3.05, 3.63) is 71.4 Å². The second kappa shape index (κ2) is 12.9. The number of nitrogens with one attached hydrogen (secondary N) is 2. The lowest BCUT2D eigenvalue weighted by molar-refractivity contribution is -0.141. The van der Waals surface area contributed by atoms with Gasteiger partial charge in [-0.2, -0.15) is 5.26 Å². The number of hydrogen-bond donors (Lipinski definition) is 3. The third kappa shape index (κ3) is 6.99. The normalized spacial score (nSPS) is 16.9. The molecule has 2 amide bonds. The number of aliphatic carboxylic acids is 1. The van der Waals surface area contributed by atoms with E-state index in [0.717, 1.165) is 22.0 Å². The first-order valence-corrected chi connectivity index (χ1v) is 12.9. The van der Waals surface area contributed by atoms with Crippen LogP contribution in [0.1, 0.15) is 36.0 Å². The number of ether oxygens (including phenoxy) is 1. The molecule has 3 N–H and O–H groups in total. The summed E-state index contributed by atoms with van der Waals surface area (Å²) in [5.41, 5.74) is 3.54. The Hall–Kier alpha value is -4.16. The highest BCUT2D eigenvalue weighted by atomic mass is 16.5. The number of carbonyl (C=O) groups is 3. The highest BCUT2D eigenvalue weighted by Gasteiger charge is 2.28. The molecule has 1 aliphatic rings. The van der Waals surface area contributed by atoms with Gasteiger partial charge in [-0.25, -0.2) is 0 Å². The lowest BCUT2D eigenvalue weighted by Crippen LogP contribution is -2.50. The molecular weight excluding hydrogens is 484 g/mol. The largest absolute Gasteiger partial charge is 0.481 e. The quantitative estimate of drug-likeness (QED) is 0.422. The van der Waals surface area contributed by atoms with Crippen LogP contribution in [0.2, 0.25) is 0 Å². The molecule has 0 saturated heterocycles. The van der Waals surface area contributed by atoms with Gasteiger partial charge < -0.3 is 25.0 Å². The van der Waals surface area contributed by atoms with Crippen molar-refractivity contribution in [3.63, 3.8) is 0 Å². The van der Waals surface area contributed by atoms with Crippen LogP contribution < -0.4 is 10.6 Å². The smallest absolute Gasteiger partial charge is 0.304 e. The Balaban J connectivity index is 1.49. The van der Waals surface area contributed by atoms with Gasteiger partial charge in [-0.3, -0.25) is 14.4 Å². The van der Waals surface area contributed by atoms with Gasteiger partial charge in [0.2, 0.25) is 11.8 Å². The number of benzene rings is 2. The molecule has 0 saturated carbocycles. The molecule has 1 unspecified atom stereocenters. The minimum atomic E-state index is -1.06. The van der Waals surface area contributed by atoms with Crippen molar-refractivity contribution < 1.29 is 24.2 Å². The van der Waals surface area contributed by atoms with Crippen LogP contribution in [-0.4, -0.2) is 53.3 Å². The Morgan fingerprint density at radius 3 is 2.74 bits per heavy atom. The number of aromatic nitrogens is 1. The van der Waals surface area contributed by atoms with Crippen LogP contribution in [0, 0.1) is 17.2 Å². The van der Waals surface area contributed by atoms with E-state index in [9.17, 15) is 19.5 Å². The molecule has 2 atom stereocenters. The predicted octanol–water partition coefficient (Wildman–Crippen LogP) is 2.80. The molecule has 2 bridgehead atoms. The van der Waals surface area contributed by atoms with Gasteiger partial charge >= 0.3 is 5.97 Å². The fraction of sp³-hybridized carbons (Fsp3) is 0.379. The number of para-hydroxylation sites is 1. The molecule has 38 heavy (non-hydrogen) atoms. The fourth-order valence-electron chi connectivity index (χ4n) is 4.86. The molecule has 1 aliphatic heterocycles. The Morgan fingerprint density at radius 1 is 1.18 bits per heavy atom. The highest BCUT2D eigenvalue weighted by molar-refractivity contribution is 5.91. The Bertz CT molecular complexity index is 1320. The Morgan fingerprint density at radius 2 is 1.97 bits per heavy atom. The van der Waals surface area contributed by atoms with E-state index < -0.39 is 23.8 Å². The summed E-state index contributed by atoms with van der Waals surface area (Å²) < 4.78 is 7.75. The third-order valence-electron chi connectivity index (χ3n) is 6.84. The summed E-state index contributed by atoms with van der Waals surface area (Å²) in [6.45, 7) is 1.87. The number of rotatable bonds is 8. The molecule has 0 aliphatic carbocycles. The molecular formula is C29H32N4O5. The summed E-state index contributed by atoms with van der Waals surface area (Å²) in [4.78, 5) is 37.9. The minimum absolute atomic E-state index is 0.289. The van der Waals surface area contributed by atoms with E-state index >= 15 is 0 Å². The van der Waals surface area contributed by atoms with Gasteiger partial charge in [0.1, 0.15) is 6.04 Å².